The first-order valence-electron chi connectivity index (χ1n) is 7.28. The number of aryl methyl sites for hydroxylation is 1. The molecular formula is C19H20O2. The molecule has 21 heavy (non-hydrogen) atoms. The van der Waals surface area contributed by atoms with Crippen LogP contribution in [0.1, 0.15) is 23.1 Å². The van der Waals surface area contributed by atoms with E-state index in [1.54, 1.807) is 14.2 Å². The molecule has 0 N–H and O–H groups in total. The van der Waals surface area contributed by atoms with Gasteiger partial charge in [-0.05, 0) is 60.2 Å². The highest BCUT2D eigenvalue weighted by Gasteiger charge is 2.11. The van der Waals surface area contributed by atoms with Gasteiger partial charge < -0.3 is 9.47 Å². The zero-order valence-corrected chi connectivity index (χ0v) is 12.6. The quantitative estimate of drug-likeness (QED) is 0.832. The third-order valence-corrected chi connectivity index (χ3v) is 4.02. The van der Waals surface area contributed by atoms with E-state index in [0.717, 1.165) is 30.8 Å². The Balaban J connectivity index is 1.78. The van der Waals surface area contributed by atoms with Crippen molar-refractivity contribution in [3.63, 3.8) is 0 Å². The van der Waals surface area contributed by atoms with Gasteiger partial charge in [-0.2, -0.15) is 0 Å². The molecule has 1 aliphatic carbocycles. The molecule has 0 saturated carbocycles. The molecule has 108 valence electrons. The molecule has 2 nitrogen and oxygen atoms in total. The maximum Gasteiger partial charge on any atom is 0.119 e. The van der Waals surface area contributed by atoms with Gasteiger partial charge in [-0.3, -0.25) is 0 Å². The Kier molecular flexibility index (Phi) is 3.96. The van der Waals surface area contributed by atoms with E-state index in [4.69, 9.17) is 9.47 Å². The van der Waals surface area contributed by atoms with Gasteiger partial charge in [0.2, 0.25) is 0 Å². The van der Waals surface area contributed by atoms with Crippen molar-refractivity contribution < 1.29 is 9.47 Å². The van der Waals surface area contributed by atoms with Crippen molar-refractivity contribution >= 4 is 6.08 Å². The number of hydrogen-bond acceptors (Lipinski definition) is 2. The molecule has 0 heterocycles. The highest BCUT2D eigenvalue weighted by Crippen LogP contribution is 2.29. The minimum atomic E-state index is 0.911. The first kappa shape index (κ1) is 13.7. The molecule has 2 aromatic rings. The Morgan fingerprint density at radius 2 is 1.57 bits per heavy atom. The lowest BCUT2D eigenvalue weighted by Crippen LogP contribution is -2.02. The third-order valence-electron chi connectivity index (χ3n) is 4.02. The lowest BCUT2D eigenvalue weighted by atomic mass is 9.89. The standard InChI is InChI=1S/C19H20O2/c1-20-18-8-4-14(5-9-18)11-15-3-6-17-13-19(21-2)10-7-16(17)12-15/h4-5,7-10,12-13H,3,6,11H2,1-2H3. The van der Waals surface area contributed by atoms with Crippen molar-refractivity contribution in [1.29, 1.82) is 0 Å². The van der Waals surface area contributed by atoms with Gasteiger partial charge in [0.25, 0.3) is 0 Å². The fourth-order valence-electron chi connectivity index (χ4n) is 2.80. The number of rotatable bonds is 4. The maximum absolute atomic E-state index is 5.29. The predicted molar refractivity (Wildman–Crippen MR) is 86.0 cm³/mol. The van der Waals surface area contributed by atoms with Gasteiger partial charge >= 0.3 is 0 Å². The predicted octanol–water partition coefficient (Wildman–Crippen LogP) is 4.28. The van der Waals surface area contributed by atoms with Gasteiger partial charge in [-0.15, -0.1) is 0 Å². The number of methoxy groups -OCH3 is 2. The van der Waals surface area contributed by atoms with E-state index in [9.17, 15) is 0 Å². The van der Waals surface area contributed by atoms with E-state index in [0.29, 0.717) is 0 Å². The highest BCUT2D eigenvalue weighted by atomic mass is 16.5. The van der Waals surface area contributed by atoms with E-state index < -0.39 is 0 Å². The summed E-state index contributed by atoms with van der Waals surface area (Å²) in [5.74, 6) is 1.86. The molecule has 0 aliphatic heterocycles. The lowest BCUT2D eigenvalue weighted by Gasteiger charge is -2.17. The zero-order chi connectivity index (χ0) is 14.7. The summed E-state index contributed by atoms with van der Waals surface area (Å²) in [7, 11) is 3.42. The molecule has 0 aromatic heterocycles. The molecule has 0 unspecified atom stereocenters. The molecule has 2 aromatic carbocycles. The lowest BCUT2D eigenvalue weighted by molar-refractivity contribution is 0.414. The molecule has 0 saturated heterocycles. The molecule has 2 heteroatoms. The first-order chi connectivity index (χ1) is 10.3. The van der Waals surface area contributed by atoms with Crippen molar-refractivity contribution in [2.24, 2.45) is 0 Å². The van der Waals surface area contributed by atoms with Gasteiger partial charge in [0, 0.05) is 0 Å². The van der Waals surface area contributed by atoms with Crippen molar-refractivity contribution in [3.05, 3.63) is 64.7 Å². The van der Waals surface area contributed by atoms with E-state index in [2.05, 4.69) is 30.3 Å². The van der Waals surface area contributed by atoms with Crippen LogP contribution >= 0.6 is 0 Å². The second-order valence-electron chi connectivity index (χ2n) is 5.39. The number of allylic oxidation sites excluding steroid dienone is 1. The number of ether oxygens (including phenoxy) is 2. The van der Waals surface area contributed by atoms with Gasteiger partial charge in [0.05, 0.1) is 14.2 Å². The van der Waals surface area contributed by atoms with Crippen LogP contribution < -0.4 is 9.47 Å². The summed E-state index contributed by atoms with van der Waals surface area (Å²) >= 11 is 0. The Labute approximate surface area is 126 Å². The van der Waals surface area contributed by atoms with Crippen molar-refractivity contribution in [2.45, 2.75) is 19.3 Å². The van der Waals surface area contributed by atoms with Crippen LogP contribution in [0, 0.1) is 0 Å². The summed E-state index contributed by atoms with van der Waals surface area (Å²) in [6.07, 6.45) is 5.54. The SMILES string of the molecule is COc1ccc(CC2=Cc3ccc(OC)cc3CC2)cc1. The van der Waals surface area contributed by atoms with Crippen LogP contribution in [-0.2, 0) is 12.8 Å². The summed E-state index contributed by atoms with van der Waals surface area (Å²) in [5, 5.41) is 0. The molecule has 0 atom stereocenters. The second kappa shape index (κ2) is 6.04. The van der Waals surface area contributed by atoms with Crippen LogP contribution in [0.4, 0.5) is 0 Å². The monoisotopic (exact) mass is 280 g/mol. The third kappa shape index (κ3) is 3.10. The molecule has 0 fully saturated rings. The van der Waals surface area contributed by atoms with Crippen LogP contribution in [0.5, 0.6) is 11.5 Å². The second-order valence-corrected chi connectivity index (χ2v) is 5.39. The number of hydrogen-bond donors (Lipinski definition) is 0. The van der Waals surface area contributed by atoms with E-state index >= 15 is 0 Å². The molecule has 3 rings (SSSR count). The minimum absolute atomic E-state index is 0.911. The normalized spacial score (nSPS) is 13.3. The summed E-state index contributed by atoms with van der Waals surface area (Å²) in [6, 6.07) is 14.7. The van der Waals surface area contributed by atoms with Gasteiger partial charge in [0.15, 0.2) is 0 Å². The highest BCUT2D eigenvalue weighted by molar-refractivity contribution is 5.61. The Morgan fingerprint density at radius 1 is 0.857 bits per heavy atom. The zero-order valence-electron chi connectivity index (χ0n) is 12.6. The van der Waals surface area contributed by atoms with E-state index in [-0.39, 0.29) is 0 Å². The molecule has 1 aliphatic rings. The summed E-state index contributed by atoms with van der Waals surface area (Å²) in [4.78, 5) is 0. The van der Waals surface area contributed by atoms with Gasteiger partial charge in [0.1, 0.15) is 11.5 Å². The van der Waals surface area contributed by atoms with E-state index in [1.807, 2.05) is 18.2 Å². The van der Waals surface area contributed by atoms with Crippen LogP contribution in [0.25, 0.3) is 6.08 Å². The summed E-state index contributed by atoms with van der Waals surface area (Å²) in [5.41, 5.74) is 5.52. The molecule has 0 amide bonds. The summed E-state index contributed by atoms with van der Waals surface area (Å²) in [6.45, 7) is 0. The fourth-order valence-corrected chi connectivity index (χ4v) is 2.80. The van der Waals surface area contributed by atoms with Crippen molar-refractivity contribution in [1.82, 2.24) is 0 Å². The molecule has 0 bridgehead atoms. The smallest absolute Gasteiger partial charge is 0.119 e. The number of benzene rings is 2. The van der Waals surface area contributed by atoms with Gasteiger partial charge in [-0.25, -0.2) is 0 Å². The van der Waals surface area contributed by atoms with Crippen LogP contribution in [0.15, 0.2) is 48.0 Å². The number of fused-ring (bicyclic) bond motifs is 1. The van der Waals surface area contributed by atoms with E-state index in [1.165, 1.54) is 22.3 Å². The molecule has 0 radical (unpaired) electrons. The topological polar surface area (TPSA) is 18.5 Å². The minimum Gasteiger partial charge on any atom is -0.497 e. The van der Waals surface area contributed by atoms with Crippen LogP contribution in [-0.4, -0.2) is 14.2 Å². The van der Waals surface area contributed by atoms with Crippen LogP contribution in [0.2, 0.25) is 0 Å². The Morgan fingerprint density at radius 3 is 2.29 bits per heavy atom. The Hall–Kier alpha value is -2.22. The molecule has 0 spiro atoms. The Bertz CT molecular complexity index is 654. The maximum atomic E-state index is 5.29. The largest absolute Gasteiger partial charge is 0.497 e. The average molecular weight is 280 g/mol. The molecular weight excluding hydrogens is 260 g/mol. The van der Waals surface area contributed by atoms with Crippen molar-refractivity contribution in [2.75, 3.05) is 14.2 Å². The summed E-state index contributed by atoms with van der Waals surface area (Å²) < 4.78 is 10.5. The van der Waals surface area contributed by atoms with Crippen LogP contribution in [0.3, 0.4) is 0 Å². The first-order valence-corrected chi connectivity index (χ1v) is 7.28. The van der Waals surface area contributed by atoms with Crippen molar-refractivity contribution in [3.8, 4) is 11.5 Å². The van der Waals surface area contributed by atoms with Gasteiger partial charge in [-0.1, -0.05) is 29.8 Å². The fraction of sp³-hybridized carbons (Fsp3) is 0.263. The average Bonchev–Trinajstić information content (AvgIpc) is 2.55.